The van der Waals surface area contributed by atoms with Gasteiger partial charge in [-0.05, 0) is 29.6 Å². The molecule has 3 heterocycles. The first-order valence-corrected chi connectivity index (χ1v) is 13.8. The molecule has 1 fully saturated rings. The number of amides is 1. The van der Waals surface area contributed by atoms with E-state index < -0.39 is 0 Å². The van der Waals surface area contributed by atoms with E-state index in [4.69, 9.17) is 43.1 Å². The zero-order valence-electron chi connectivity index (χ0n) is 22.1. The average molecular weight is 639 g/mol. The number of hydrogen-bond donors (Lipinski definition) is 1. The number of thiophene rings is 1. The van der Waals surface area contributed by atoms with Gasteiger partial charge in [0.05, 0.1) is 29.6 Å². The van der Waals surface area contributed by atoms with Gasteiger partial charge in [0.2, 0.25) is 11.7 Å². The number of carbonyl (C=O) groups is 2. The molecule has 4 aromatic rings. The minimum absolute atomic E-state index is 0. The number of nitrogens with zero attached hydrogens (tertiary/aromatic N) is 4. The van der Waals surface area contributed by atoms with Gasteiger partial charge in [-0.25, -0.2) is 4.98 Å². The van der Waals surface area contributed by atoms with Crippen molar-refractivity contribution in [2.24, 2.45) is 0 Å². The highest BCUT2D eigenvalue weighted by molar-refractivity contribution is 7.12. The van der Waals surface area contributed by atoms with E-state index in [-0.39, 0.29) is 52.1 Å². The molecule has 2 N–H and O–H groups in total. The topological polar surface area (TPSA) is 120 Å². The Hall–Kier alpha value is -3.51. The van der Waals surface area contributed by atoms with Crippen molar-refractivity contribution < 1.29 is 23.8 Å². The van der Waals surface area contributed by atoms with Crippen LogP contribution in [0.25, 0.3) is 10.9 Å². The number of anilines is 2. The van der Waals surface area contributed by atoms with E-state index in [1.54, 1.807) is 55.5 Å². The van der Waals surface area contributed by atoms with Gasteiger partial charge < -0.3 is 29.7 Å². The molecule has 2 aromatic carbocycles. The summed E-state index contributed by atoms with van der Waals surface area (Å²) in [5.41, 5.74) is 7.14. The summed E-state index contributed by atoms with van der Waals surface area (Å²) < 4.78 is 16.4. The number of nitrogen functional groups attached to an aromatic ring is 1. The van der Waals surface area contributed by atoms with Crippen molar-refractivity contribution in [1.29, 1.82) is 0 Å². The van der Waals surface area contributed by atoms with Gasteiger partial charge in [-0.15, -0.1) is 23.7 Å². The molecular weight excluding hydrogens is 613 g/mol. The molecule has 2 aromatic heterocycles. The summed E-state index contributed by atoms with van der Waals surface area (Å²) >= 11 is 14.1. The molecular formula is C27H26Cl3N5O5S. The molecule has 0 bridgehead atoms. The number of rotatable bonds is 8. The predicted molar refractivity (Wildman–Crippen MR) is 163 cm³/mol. The Morgan fingerprint density at radius 2 is 1.68 bits per heavy atom. The number of halogens is 3. The van der Waals surface area contributed by atoms with E-state index in [1.807, 2.05) is 10.3 Å². The lowest BCUT2D eigenvalue weighted by Gasteiger charge is -2.34. The molecule has 0 saturated carbocycles. The Bertz CT molecular complexity index is 1580. The minimum Gasteiger partial charge on any atom is -0.493 e. The van der Waals surface area contributed by atoms with Crippen molar-refractivity contribution >= 4 is 81.3 Å². The highest BCUT2D eigenvalue weighted by atomic mass is 35.5. The summed E-state index contributed by atoms with van der Waals surface area (Å²) in [6.07, 6.45) is 0. The van der Waals surface area contributed by atoms with Crippen LogP contribution in [0.2, 0.25) is 10.0 Å². The third-order valence-electron chi connectivity index (χ3n) is 6.52. The third-order valence-corrected chi connectivity index (χ3v) is 8.25. The molecule has 216 valence electrons. The molecule has 1 saturated heterocycles. The zero-order chi connectivity index (χ0) is 28.4. The first kappa shape index (κ1) is 30.4. The van der Waals surface area contributed by atoms with Gasteiger partial charge in [-0.2, -0.15) is 4.98 Å². The number of ether oxygens (including phenoxy) is 3. The molecule has 1 aliphatic heterocycles. The molecule has 14 heteroatoms. The summed E-state index contributed by atoms with van der Waals surface area (Å²) in [7, 11) is 3.11. The normalized spacial score (nSPS) is 13.1. The first-order valence-electron chi connectivity index (χ1n) is 12.2. The number of piperazine rings is 1. The standard InChI is InChI=1S/C27H25Cl2N5O5S.ClH/c1-37-19-12-16-17(13-20(19)38-2)31-27(32-26(16)30)34-9-7-33(8-10-34)22(35)14-39-18-6-5-15(23(28)24(18)29)25(36)21-4-3-11-40-21;/h3-6,11-13H,7-10,14H2,1-2H3,(H2,30,31,32);1H. The lowest BCUT2D eigenvalue weighted by Crippen LogP contribution is -2.50. The predicted octanol–water partition coefficient (Wildman–Crippen LogP) is 4.98. The van der Waals surface area contributed by atoms with E-state index in [0.717, 1.165) is 0 Å². The highest BCUT2D eigenvalue weighted by Crippen LogP contribution is 2.36. The van der Waals surface area contributed by atoms with Crippen LogP contribution in [0.15, 0.2) is 41.8 Å². The van der Waals surface area contributed by atoms with Crippen LogP contribution in [-0.2, 0) is 4.79 Å². The molecule has 0 radical (unpaired) electrons. The van der Waals surface area contributed by atoms with Crippen LogP contribution in [0.1, 0.15) is 15.2 Å². The first-order chi connectivity index (χ1) is 19.3. The Labute approximate surface area is 256 Å². The van der Waals surface area contributed by atoms with Gasteiger partial charge in [-0.3, -0.25) is 9.59 Å². The summed E-state index contributed by atoms with van der Waals surface area (Å²) in [4.78, 5) is 38.9. The molecule has 0 spiro atoms. The highest BCUT2D eigenvalue weighted by Gasteiger charge is 2.25. The van der Waals surface area contributed by atoms with Crippen molar-refractivity contribution in [3.8, 4) is 17.2 Å². The van der Waals surface area contributed by atoms with E-state index in [9.17, 15) is 9.59 Å². The number of methoxy groups -OCH3 is 2. The number of nitrogens with two attached hydrogens (primary N) is 1. The molecule has 0 aliphatic carbocycles. The number of carbonyl (C=O) groups excluding carboxylic acids is 2. The van der Waals surface area contributed by atoms with Gasteiger partial charge in [0.25, 0.3) is 5.91 Å². The SMILES string of the molecule is COc1cc2nc(N3CCN(C(=O)COc4ccc(C(=O)c5cccs5)c(Cl)c4Cl)CC3)nc(N)c2cc1OC.Cl. The lowest BCUT2D eigenvalue weighted by atomic mass is 10.1. The average Bonchev–Trinajstić information content (AvgIpc) is 3.52. The molecule has 5 rings (SSSR count). The van der Waals surface area contributed by atoms with Crippen molar-refractivity contribution in [1.82, 2.24) is 14.9 Å². The lowest BCUT2D eigenvalue weighted by molar-refractivity contribution is -0.133. The van der Waals surface area contributed by atoms with Crippen LogP contribution < -0.4 is 24.8 Å². The van der Waals surface area contributed by atoms with Gasteiger partial charge in [0.15, 0.2) is 18.1 Å². The maximum absolute atomic E-state index is 12.9. The molecule has 1 aliphatic rings. The number of fused-ring (bicyclic) bond motifs is 1. The van der Waals surface area contributed by atoms with E-state index in [1.165, 1.54) is 11.3 Å². The fourth-order valence-corrected chi connectivity index (χ4v) is 5.49. The van der Waals surface area contributed by atoms with Gasteiger partial charge in [0.1, 0.15) is 16.6 Å². The Kier molecular flexibility index (Phi) is 9.64. The third kappa shape index (κ3) is 6.23. The van der Waals surface area contributed by atoms with Crippen molar-refractivity contribution in [2.75, 3.05) is 57.6 Å². The maximum atomic E-state index is 12.9. The summed E-state index contributed by atoms with van der Waals surface area (Å²) in [6, 6.07) is 10.1. The second-order valence-electron chi connectivity index (χ2n) is 8.84. The molecule has 41 heavy (non-hydrogen) atoms. The number of ketones is 1. The van der Waals surface area contributed by atoms with Crippen LogP contribution in [0.4, 0.5) is 11.8 Å². The van der Waals surface area contributed by atoms with Crippen LogP contribution in [-0.4, -0.2) is 73.6 Å². The number of hydrogen-bond acceptors (Lipinski definition) is 10. The van der Waals surface area contributed by atoms with Crippen molar-refractivity contribution in [3.05, 3.63) is 62.3 Å². The summed E-state index contributed by atoms with van der Waals surface area (Å²) in [6.45, 7) is 1.68. The number of aromatic nitrogens is 2. The van der Waals surface area contributed by atoms with Crippen LogP contribution in [0.5, 0.6) is 17.2 Å². The summed E-state index contributed by atoms with van der Waals surface area (Å²) in [5, 5.41) is 2.65. The maximum Gasteiger partial charge on any atom is 0.260 e. The fourth-order valence-electron chi connectivity index (χ4n) is 4.35. The zero-order valence-corrected chi connectivity index (χ0v) is 25.2. The molecule has 0 atom stereocenters. The Morgan fingerprint density at radius 3 is 2.34 bits per heavy atom. The summed E-state index contributed by atoms with van der Waals surface area (Å²) in [5.74, 6) is 1.68. The van der Waals surface area contributed by atoms with Crippen LogP contribution >= 0.6 is 46.9 Å². The van der Waals surface area contributed by atoms with E-state index >= 15 is 0 Å². The van der Waals surface area contributed by atoms with Crippen molar-refractivity contribution in [2.45, 2.75) is 0 Å². The van der Waals surface area contributed by atoms with Crippen LogP contribution in [0.3, 0.4) is 0 Å². The monoisotopic (exact) mass is 637 g/mol. The van der Waals surface area contributed by atoms with E-state index in [0.29, 0.717) is 65.2 Å². The Morgan fingerprint density at radius 1 is 0.976 bits per heavy atom. The van der Waals surface area contributed by atoms with E-state index in [2.05, 4.69) is 9.97 Å². The molecule has 10 nitrogen and oxygen atoms in total. The fraction of sp³-hybridized carbons (Fsp3) is 0.259. The quantitative estimate of drug-likeness (QED) is 0.267. The van der Waals surface area contributed by atoms with Crippen LogP contribution in [0, 0.1) is 0 Å². The molecule has 0 unspecified atom stereocenters. The second-order valence-corrected chi connectivity index (χ2v) is 10.5. The Balaban J connectivity index is 0.00000387. The van der Waals surface area contributed by atoms with Gasteiger partial charge >= 0.3 is 0 Å². The van der Waals surface area contributed by atoms with Crippen molar-refractivity contribution in [3.63, 3.8) is 0 Å². The largest absolute Gasteiger partial charge is 0.493 e. The number of benzene rings is 2. The van der Waals surface area contributed by atoms with Gasteiger partial charge in [-0.1, -0.05) is 29.3 Å². The van der Waals surface area contributed by atoms with Gasteiger partial charge in [0, 0.05) is 43.2 Å². The smallest absolute Gasteiger partial charge is 0.260 e. The second kappa shape index (κ2) is 13.0. The minimum atomic E-state index is -0.227. The molecule has 1 amide bonds.